The number of pyridine rings is 1. The highest BCUT2D eigenvalue weighted by molar-refractivity contribution is 5.37. The molecule has 0 saturated carbocycles. The highest BCUT2D eigenvalue weighted by Gasteiger charge is 2.13. The number of aliphatic hydroxyl groups excluding tert-OH is 1. The summed E-state index contributed by atoms with van der Waals surface area (Å²) in [5.74, 6) is 1.37. The zero-order valence-electron chi connectivity index (χ0n) is 11.3. The Morgan fingerprint density at radius 2 is 2.06 bits per heavy atom. The van der Waals surface area contributed by atoms with E-state index < -0.39 is 0 Å². The number of rotatable bonds is 5. The number of aromatic nitrogens is 1. The number of aliphatic hydroxyl groups is 1. The summed E-state index contributed by atoms with van der Waals surface area (Å²) in [6.45, 7) is 9.76. The van der Waals surface area contributed by atoms with Gasteiger partial charge in [-0.25, -0.2) is 4.98 Å². The molecule has 1 heterocycles. The van der Waals surface area contributed by atoms with Gasteiger partial charge in [0.1, 0.15) is 5.82 Å². The Kier molecular flexibility index (Phi) is 4.94. The molecule has 0 saturated heterocycles. The zero-order valence-corrected chi connectivity index (χ0v) is 11.3. The van der Waals surface area contributed by atoms with Crippen LogP contribution in [0.3, 0.4) is 0 Å². The first kappa shape index (κ1) is 14.0. The smallest absolute Gasteiger partial charge is 0.125 e. The monoisotopic (exact) mass is 236 g/mol. The van der Waals surface area contributed by atoms with Crippen molar-refractivity contribution in [1.29, 1.82) is 0 Å². The van der Waals surface area contributed by atoms with Gasteiger partial charge in [0.2, 0.25) is 0 Å². The standard InChI is InChI=1S/C14H24N2O/c1-11(7-8-17)9-15-13-6-5-12(10-16-13)14(2,3)4/h5-6,10-11,17H,7-9H2,1-4H3,(H,15,16). The first-order valence-electron chi connectivity index (χ1n) is 6.24. The maximum Gasteiger partial charge on any atom is 0.125 e. The van der Waals surface area contributed by atoms with E-state index in [1.165, 1.54) is 5.56 Å². The van der Waals surface area contributed by atoms with E-state index in [4.69, 9.17) is 5.11 Å². The van der Waals surface area contributed by atoms with Crippen molar-refractivity contribution in [2.24, 2.45) is 5.92 Å². The first-order valence-corrected chi connectivity index (χ1v) is 6.24. The van der Waals surface area contributed by atoms with Crippen LogP contribution in [-0.4, -0.2) is 23.2 Å². The lowest BCUT2D eigenvalue weighted by molar-refractivity contribution is 0.266. The third kappa shape index (κ3) is 4.73. The van der Waals surface area contributed by atoms with Crippen molar-refractivity contribution in [2.75, 3.05) is 18.5 Å². The summed E-state index contributed by atoms with van der Waals surface area (Å²) in [6, 6.07) is 4.14. The van der Waals surface area contributed by atoms with Crippen LogP contribution in [0.15, 0.2) is 18.3 Å². The number of anilines is 1. The molecular formula is C14H24N2O. The molecule has 96 valence electrons. The first-order chi connectivity index (χ1) is 7.93. The normalized spacial score (nSPS) is 13.5. The Bertz CT molecular complexity index is 327. The molecule has 0 aliphatic heterocycles. The largest absolute Gasteiger partial charge is 0.396 e. The van der Waals surface area contributed by atoms with Gasteiger partial charge < -0.3 is 10.4 Å². The number of nitrogens with one attached hydrogen (secondary N) is 1. The van der Waals surface area contributed by atoms with Crippen molar-refractivity contribution >= 4 is 5.82 Å². The average Bonchev–Trinajstić information content (AvgIpc) is 2.26. The Balaban J connectivity index is 2.51. The Hall–Kier alpha value is -1.09. The van der Waals surface area contributed by atoms with Crippen molar-refractivity contribution < 1.29 is 5.11 Å². The average molecular weight is 236 g/mol. The molecule has 0 aliphatic rings. The quantitative estimate of drug-likeness (QED) is 0.826. The molecule has 0 spiro atoms. The zero-order chi connectivity index (χ0) is 12.9. The maximum absolute atomic E-state index is 8.82. The number of hydrogen-bond donors (Lipinski definition) is 2. The molecule has 1 atom stereocenters. The predicted octanol–water partition coefficient (Wildman–Crippen LogP) is 2.81. The lowest BCUT2D eigenvalue weighted by Crippen LogP contribution is -2.15. The van der Waals surface area contributed by atoms with E-state index in [0.29, 0.717) is 5.92 Å². The predicted molar refractivity (Wildman–Crippen MR) is 72.3 cm³/mol. The van der Waals surface area contributed by atoms with E-state index in [1.54, 1.807) is 0 Å². The molecule has 0 bridgehead atoms. The molecule has 0 aliphatic carbocycles. The van der Waals surface area contributed by atoms with Crippen LogP contribution in [0.1, 0.15) is 39.7 Å². The highest BCUT2D eigenvalue weighted by atomic mass is 16.3. The molecule has 1 aromatic rings. The molecule has 17 heavy (non-hydrogen) atoms. The third-order valence-electron chi connectivity index (χ3n) is 2.88. The summed E-state index contributed by atoms with van der Waals surface area (Å²) in [5, 5.41) is 12.1. The topological polar surface area (TPSA) is 45.1 Å². The van der Waals surface area contributed by atoms with Crippen LogP contribution in [0.5, 0.6) is 0 Å². The van der Waals surface area contributed by atoms with Gasteiger partial charge in [-0.05, 0) is 29.4 Å². The van der Waals surface area contributed by atoms with E-state index in [0.717, 1.165) is 18.8 Å². The van der Waals surface area contributed by atoms with Gasteiger partial charge >= 0.3 is 0 Å². The maximum atomic E-state index is 8.82. The second-order valence-electron chi connectivity index (χ2n) is 5.68. The van der Waals surface area contributed by atoms with Crippen molar-refractivity contribution in [3.63, 3.8) is 0 Å². The molecule has 3 heteroatoms. The molecular weight excluding hydrogens is 212 g/mol. The number of nitrogens with zero attached hydrogens (tertiary/aromatic N) is 1. The van der Waals surface area contributed by atoms with Crippen molar-refractivity contribution in [2.45, 2.75) is 39.5 Å². The van der Waals surface area contributed by atoms with Gasteiger partial charge in [0, 0.05) is 19.3 Å². The minimum absolute atomic E-state index is 0.149. The van der Waals surface area contributed by atoms with E-state index in [-0.39, 0.29) is 12.0 Å². The molecule has 2 N–H and O–H groups in total. The van der Waals surface area contributed by atoms with Crippen LogP contribution in [0.4, 0.5) is 5.82 Å². The van der Waals surface area contributed by atoms with E-state index in [9.17, 15) is 0 Å². The molecule has 0 fully saturated rings. The van der Waals surface area contributed by atoms with Crippen molar-refractivity contribution in [1.82, 2.24) is 4.98 Å². The molecule has 3 nitrogen and oxygen atoms in total. The van der Waals surface area contributed by atoms with Gasteiger partial charge in [-0.3, -0.25) is 0 Å². The van der Waals surface area contributed by atoms with Gasteiger partial charge in [0.15, 0.2) is 0 Å². The minimum atomic E-state index is 0.149. The van der Waals surface area contributed by atoms with Gasteiger partial charge in [-0.2, -0.15) is 0 Å². The molecule has 1 unspecified atom stereocenters. The van der Waals surface area contributed by atoms with Gasteiger partial charge in [0.25, 0.3) is 0 Å². The molecule has 0 amide bonds. The van der Waals surface area contributed by atoms with Gasteiger partial charge in [0.05, 0.1) is 0 Å². The highest BCUT2D eigenvalue weighted by Crippen LogP contribution is 2.21. The van der Waals surface area contributed by atoms with E-state index in [2.05, 4.69) is 44.1 Å². The second kappa shape index (κ2) is 6.01. The van der Waals surface area contributed by atoms with Gasteiger partial charge in [-0.15, -0.1) is 0 Å². The second-order valence-corrected chi connectivity index (χ2v) is 5.68. The summed E-state index contributed by atoms with van der Waals surface area (Å²) in [6.07, 6.45) is 2.76. The fourth-order valence-corrected chi connectivity index (χ4v) is 1.54. The Labute approximate surface area is 104 Å². The van der Waals surface area contributed by atoms with Crippen LogP contribution in [0.2, 0.25) is 0 Å². The van der Waals surface area contributed by atoms with Crippen LogP contribution in [-0.2, 0) is 5.41 Å². The van der Waals surface area contributed by atoms with Crippen LogP contribution < -0.4 is 5.32 Å². The molecule has 1 aromatic heterocycles. The SMILES string of the molecule is CC(CCO)CNc1ccc(C(C)(C)C)cn1. The lowest BCUT2D eigenvalue weighted by atomic mass is 9.88. The summed E-state index contributed by atoms with van der Waals surface area (Å²) < 4.78 is 0. The summed E-state index contributed by atoms with van der Waals surface area (Å²) in [5.41, 5.74) is 1.39. The van der Waals surface area contributed by atoms with Crippen LogP contribution in [0.25, 0.3) is 0 Å². The fourth-order valence-electron chi connectivity index (χ4n) is 1.54. The summed E-state index contributed by atoms with van der Waals surface area (Å²) >= 11 is 0. The Morgan fingerprint density at radius 1 is 1.35 bits per heavy atom. The van der Waals surface area contributed by atoms with E-state index >= 15 is 0 Å². The third-order valence-corrected chi connectivity index (χ3v) is 2.88. The van der Waals surface area contributed by atoms with E-state index in [1.807, 2.05) is 12.3 Å². The fraction of sp³-hybridized carbons (Fsp3) is 0.643. The summed E-state index contributed by atoms with van der Waals surface area (Å²) in [7, 11) is 0. The number of hydrogen-bond acceptors (Lipinski definition) is 3. The lowest BCUT2D eigenvalue weighted by Gasteiger charge is -2.19. The van der Waals surface area contributed by atoms with Crippen molar-refractivity contribution in [3.8, 4) is 0 Å². The summed E-state index contributed by atoms with van der Waals surface area (Å²) in [4.78, 5) is 4.40. The van der Waals surface area contributed by atoms with Crippen LogP contribution in [0, 0.1) is 5.92 Å². The molecule has 0 aromatic carbocycles. The van der Waals surface area contributed by atoms with Gasteiger partial charge in [-0.1, -0.05) is 33.8 Å². The Morgan fingerprint density at radius 3 is 2.53 bits per heavy atom. The van der Waals surface area contributed by atoms with Crippen molar-refractivity contribution in [3.05, 3.63) is 23.9 Å². The van der Waals surface area contributed by atoms with Crippen LogP contribution >= 0.6 is 0 Å². The minimum Gasteiger partial charge on any atom is -0.396 e. The molecule has 0 radical (unpaired) electrons. The molecule has 1 rings (SSSR count).